The van der Waals surface area contributed by atoms with Crippen molar-refractivity contribution in [2.24, 2.45) is 0 Å². The van der Waals surface area contributed by atoms with Gasteiger partial charge in [-0.1, -0.05) is 6.07 Å². The quantitative estimate of drug-likeness (QED) is 0.653. The van der Waals surface area contributed by atoms with E-state index < -0.39 is 0 Å². The van der Waals surface area contributed by atoms with Crippen LogP contribution in [-0.4, -0.2) is 18.0 Å². The Labute approximate surface area is 71.7 Å². The highest BCUT2D eigenvalue weighted by Crippen LogP contribution is 2.15. The largest absolute Gasteiger partial charge is 0.298 e. The Balaban J connectivity index is 1.90. The number of hydrogen-bond acceptors (Lipinski definition) is 2. The molecule has 0 aromatic carbocycles. The van der Waals surface area contributed by atoms with Crippen LogP contribution in [0.4, 0.5) is 0 Å². The van der Waals surface area contributed by atoms with Gasteiger partial charge in [-0.2, -0.15) is 0 Å². The van der Waals surface area contributed by atoms with Crippen LogP contribution in [0.1, 0.15) is 17.7 Å². The van der Waals surface area contributed by atoms with E-state index in [4.69, 9.17) is 0 Å². The van der Waals surface area contributed by atoms with E-state index >= 15 is 0 Å². The molecule has 1 aromatic rings. The normalized spacial score (nSPS) is 19.3. The van der Waals surface area contributed by atoms with Gasteiger partial charge in [-0.25, -0.2) is 0 Å². The average molecular weight is 167 g/mol. The SMILES string of the molecule is c1csc(CN2CCCC2)c1. The Bertz CT molecular complexity index is 199. The second-order valence-electron chi connectivity index (χ2n) is 3.06. The van der Waals surface area contributed by atoms with E-state index in [1.165, 1.54) is 37.4 Å². The zero-order valence-corrected chi connectivity index (χ0v) is 7.44. The molecule has 0 aliphatic carbocycles. The molecule has 1 fully saturated rings. The molecule has 0 unspecified atom stereocenters. The van der Waals surface area contributed by atoms with Crippen LogP contribution >= 0.6 is 11.3 Å². The highest BCUT2D eigenvalue weighted by molar-refractivity contribution is 7.09. The van der Waals surface area contributed by atoms with Crippen LogP contribution in [0, 0.1) is 0 Å². The summed E-state index contributed by atoms with van der Waals surface area (Å²) in [7, 11) is 0. The monoisotopic (exact) mass is 167 g/mol. The van der Waals surface area contributed by atoms with E-state index in [1.54, 1.807) is 0 Å². The van der Waals surface area contributed by atoms with Crippen LogP contribution in [0.15, 0.2) is 17.5 Å². The standard InChI is InChI=1S/C9H13NS/c1-2-6-10(5-1)8-9-4-3-7-11-9/h3-4,7H,1-2,5-6,8H2. The Morgan fingerprint density at radius 1 is 1.36 bits per heavy atom. The van der Waals surface area contributed by atoms with Gasteiger partial charge in [0.05, 0.1) is 0 Å². The van der Waals surface area contributed by atoms with Crippen molar-refractivity contribution in [1.29, 1.82) is 0 Å². The van der Waals surface area contributed by atoms with Crippen molar-refractivity contribution in [3.05, 3.63) is 22.4 Å². The summed E-state index contributed by atoms with van der Waals surface area (Å²) in [6, 6.07) is 4.36. The van der Waals surface area contributed by atoms with Gasteiger partial charge in [0.25, 0.3) is 0 Å². The summed E-state index contributed by atoms with van der Waals surface area (Å²) in [6.45, 7) is 3.79. The van der Waals surface area contributed by atoms with E-state index in [0.717, 1.165) is 0 Å². The van der Waals surface area contributed by atoms with E-state index in [9.17, 15) is 0 Å². The Morgan fingerprint density at radius 2 is 2.18 bits per heavy atom. The summed E-state index contributed by atoms with van der Waals surface area (Å²) in [4.78, 5) is 4.04. The van der Waals surface area contributed by atoms with E-state index in [-0.39, 0.29) is 0 Å². The molecule has 1 aliphatic heterocycles. The predicted molar refractivity (Wildman–Crippen MR) is 48.8 cm³/mol. The van der Waals surface area contributed by atoms with Crippen molar-refractivity contribution >= 4 is 11.3 Å². The minimum atomic E-state index is 1.18. The van der Waals surface area contributed by atoms with Gasteiger partial charge in [-0.05, 0) is 37.4 Å². The van der Waals surface area contributed by atoms with Gasteiger partial charge in [-0.3, -0.25) is 4.90 Å². The van der Waals surface area contributed by atoms with Gasteiger partial charge in [0.15, 0.2) is 0 Å². The number of hydrogen-bond donors (Lipinski definition) is 0. The number of thiophene rings is 1. The Hall–Kier alpha value is -0.340. The van der Waals surface area contributed by atoms with Gasteiger partial charge >= 0.3 is 0 Å². The molecule has 1 nitrogen and oxygen atoms in total. The highest BCUT2D eigenvalue weighted by Gasteiger charge is 2.11. The molecule has 1 aliphatic rings. The molecule has 1 aromatic heterocycles. The first-order valence-corrected chi connectivity index (χ1v) is 5.08. The third-order valence-electron chi connectivity index (χ3n) is 2.16. The predicted octanol–water partition coefficient (Wildman–Crippen LogP) is 2.34. The first kappa shape index (κ1) is 7.32. The first-order valence-electron chi connectivity index (χ1n) is 4.20. The molecule has 2 rings (SSSR count). The molecule has 0 spiro atoms. The molecule has 0 amide bonds. The molecule has 2 heterocycles. The van der Waals surface area contributed by atoms with Crippen LogP contribution in [0.25, 0.3) is 0 Å². The lowest BCUT2D eigenvalue weighted by atomic mass is 10.4. The van der Waals surface area contributed by atoms with Crippen molar-refractivity contribution in [2.75, 3.05) is 13.1 Å². The Morgan fingerprint density at radius 3 is 2.82 bits per heavy atom. The van der Waals surface area contributed by atoms with Crippen LogP contribution in [0.2, 0.25) is 0 Å². The van der Waals surface area contributed by atoms with Crippen LogP contribution in [0.3, 0.4) is 0 Å². The molecule has 11 heavy (non-hydrogen) atoms. The second kappa shape index (κ2) is 3.37. The zero-order valence-electron chi connectivity index (χ0n) is 6.62. The smallest absolute Gasteiger partial charge is 0.0327 e. The van der Waals surface area contributed by atoms with Gasteiger partial charge in [0.1, 0.15) is 0 Å². The maximum Gasteiger partial charge on any atom is 0.0327 e. The summed E-state index contributed by atoms with van der Waals surface area (Å²) in [6.07, 6.45) is 2.79. The fourth-order valence-electron chi connectivity index (χ4n) is 1.56. The highest BCUT2D eigenvalue weighted by atomic mass is 32.1. The number of likely N-dealkylation sites (tertiary alicyclic amines) is 1. The fraction of sp³-hybridized carbons (Fsp3) is 0.556. The van der Waals surface area contributed by atoms with Crippen molar-refractivity contribution in [3.63, 3.8) is 0 Å². The maximum atomic E-state index is 2.53. The molecular weight excluding hydrogens is 154 g/mol. The van der Waals surface area contributed by atoms with Gasteiger partial charge in [-0.15, -0.1) is 11.3 Å². The number of rotatable bonds is 2. The molecule has 0 N–H and O–H groups in total. The van der Waals surface area contributed by atoms with Gasteiger partial charge < -0.3 is 0 Å². The van der Waals surface area contributed by atoms with Crippen LogP contribution < -0.4 is 0 Å². The molecule has 0 bridgehead atoms. The van der Waals surface area contributed by atoms with Crippen LogP contribution in [0.5, 0.6) is 0 Å². The molecule has 0 radical (unpaired) electrons. The minimum absolute atomic E-state index is 1.18. The maximum absolute atomic E-state index is 2.53. The van der Waals surface area contributed by atoms with Gasteiger partial charge in [0.2, 0.25) is 0 Å². The van der Waals surface area contributed by atoms with Crippen LogP contribution in [-0.2, 0) is 6.54 Å². The van der Waals surface area contributed by atoms with Gasteiger partial charge in [0, 0.05) is 11.4 Å². The molecular formula is C9H13NS. The summed E-state index contributed by atoms with van der Waals surface area (Å²) in [5.41, 5.74) is 0. The summed E-state index contributed by atoms with van der Waals surface area (Å²) in [5.74, 6) is 0. The van der Waals surface area contributed by atoms with Crippen molar-refractivity contribution < 1.29 is 0 Å². The summed E-state index contributed by atoms with van der Waals surface area (Å²) >= 11 is 1.87. The van der Waals surface area contributed by atoms with Crippen molar-refractivity contribution in [3.8, 4) is 0 Å². The minimum Gasteiger partial charge on any atom is -0.298 e. The summed E-state index contributed by atoms with van der Waals surface area (Å²) in [5, 5.41) is 2.16. The molecule has 1 saturated heterocycles. The molecule has 0 saturated carbocycles. The number of nitrogens with zero attached hydrogens (tertiary/aromatic N) is 1. The lowest BCUT2D eigenvalue weighted by molar-refractivity contribution is 0.334. The van der Waals surface area contributed by atoms with E-state index in [0.29, 0.717) is 0 Å². The summed E-state index contributed by atoms with van der Waals surface area (Å²) < 4.78 is 0. The van der Waals surface area contributed by atoms with Crippen molar-refractivity contribution in [2.45, 2.75) is 19.4 Å². The zero-order chi connectivity index (χ0) is 7.52. The lowest BCUT2D eigenvalue weighted by Crippen LogP contribution is -2.17. The lowest BCUT2D eigenvalue weighted by Gasteiger charge is -2.11. The molecule has 0 atom stereocenters. The third kappa shape index (κ3) is 1.82. The Kier molecular flexibility index (Phi) is 2.24. The fourth-order valence-corrected chi connectivity index (χ4v) is 2.31. The third-order valence-corrected chi connectivity index (χ3v) is 3.02. The topological polar surface area (TPSA) is 3.24 Å². The van der Waals surface area contributed by atoms with E-state index in [1.807, 2.05) is 11.3 Å². The molecule has 60 valence electrons. The van der Waals surface area contributed by atoms with E-state index in [2.05, 4.69) is 22.4 Å². The second-order valence-corrected chi connectivity index (χ2v) is 4.09. The average Bonchev–Trinajstić information content (AvgIpc) is 2.60. The van der Waals surface area contributed by atoms with Crippen molar-refractivity contribution in [1.82, 2.24) is 4.90 Å². The first-order chi connectivity index (χ1) is 5.45. The molecule has 2 heteroatoms.